The Morgan fingerprint density at radius 1 is 1.56 bits per heavy atom. The fourth-order valence-electron chi connectivity index (χ4n) is 0.914. The number of aromatic nitrogens is 1. The predicted molar refractivity (Wildman–Crippen MR) is 40.6 cm³/mol. The zero-order chi connectivity index (χ0) is 6.69. The minimum atomic E-state index is 0.748. The van der Waals surface area contributed by atoms with Gasteiger partial charge in [-0.05, 0) is 0 Å². The second-order valence-corrected chi connectivity index (χ2v) is 2.77. The summed E-state index contributed by atoms with van der Waals surface area (Å²) in [5, 5.41) is 0. The molecule has 1 rings (SSSR count). The first-order valence-electron chi connectivity index (χ1n) is 3.40. The van der Waals surface area contributed by atoms with Crippen LogP contribution in [0.2, 0.25) is 0 Å². The van der Waals surface area contributed by atoms with Gasteiger partial charge in [0.2, 0.25) is 0 Å². The molecule has 0 aliphatic heterocycles. The van der Waals surface area contributed by atoms with E-state index in [1.54, 1.807) is 0 Å². The molecule has 0 fully saturated rings. The number of hydrogen-bond acceptors (Lipinski definition) is 0. The molecule has 1 aromatic heterocycles. The van der Waals surface area contributed by atoms with Crippen LogP contribution in [0.25, 0.3) is 0 Å². The van der Waals surface area contributed by atoms with Gasteiger partial charge in [-0.15, -0.1) is 0 Å². The second kappa shape index (κ2) is 2.86. The molecule has 0 aliphatic carbocycles. The quantitative estimate of drug-likeness (QED) is 0.558. The van der Waals surface area contributed by atoms with Crippen LogP contribution in [-0.4, -0.2) is 11.5 Å². The summed E-state index contributed by atoms with van der Waals surface area (Å²) in [7, 11) is 0. The summed E-state index contributed by atoms with van der Waals surface area (Å²) in [4.78, 5) is 0. The molecular formula is C7H12BN. The van der Waals surface area contributed by atoms with E-state index in [0.29, 0.717) is 0 Å². The normalized spacial score (nSPS) is 10.1. The number of nitrogens with zero attached hydrogens (tertiary/aromatic N) is 1. The molecule has 0 unspecified atom stereocenters. The molecule has 2 heteroatoms. The van der Waals surface area contributed by atoms with Gasteiger partial charge in [-0.1, -0.05) is 0 Å². The van der Waals surface area contributed by atoms with Crippen molar-refractivity contribution in [2.45, 2.75) is 20.4 Å². The van der Waals surface area contributed by atoms with E-state index in [9.17, 15) is 0 Å². The monoisotopic (exact) mass is 121 g/mol. The SMILES string of the molecule is CC(C)Cn1cbcc1. The van der Waals surface area contributed by atoms with Gasteiger partial charge in [0.05, 0.1) is 0 Å². The van der Waals surface area contributed by atoms with Crippen molar-refractivity contribution < 1.29 is 0 Å². The number of hydrogen-bond donors (Lipinski definition) is 0. The van der Waals surface area contributed by atoms with E-state index >= 15 is 0 Å². The Balaban J connectivity index is 2.48. The molecule has 1 heterocycles. The fourth-order valence-corrected chi connectivity index (χ4v) is 0.914. The van der Waals surface area contributed by atoms with E-state index in [1.165, 1.54) is 0 Å². The van der Waals surface area contributed by atoms with Crippen LogP contribution in [0.5, 0.6) is 0 Å². The third-order valence-electron chi connectivity index (χ3n) is 1.24. The van der Waals surface area contributed by atoms with Gasteiger partial charge >= 0.3 is 56.0 Å². The number of rotatable bonds is 2. The molecule has 1 aromatic rings. The fraction of sp³-hybridized carbons (Fsp3) is 0.571. The van der Waals surface area contributed by atoms with Gasteiger partial charge in [0.25, 0.3) is 0 Å². The Kier molecular flexibility index (Phi) is 2.09. The summed E-state index contributed by atoms with van der Waals surface area (Å²) < 4.78 is 2.20. The van der Waals surface area contributed by atoms with E-state index < -0.39 is 0 Å². The Bertz CT molecular complexity index is 155. The minimum absolute atomic E-state index is 0.748. The van der Waals surface area contributed by atoms with Gasteiger partial charge in [0.1, 0.15) is 0 Å². The zero-order valence-electron chi connectivity index (χ0n) is 6.04. The van der Waals surface area contributed by atoms with Gasteiger partial charge in [-0.25, -0.2) is 0 Å². The Hall–Kier alpha value is -0.525. The molecule has 0 saturated heterocycles. The molecule has 0 aliphatic rings. The van der Waals surface area contributed by atoms with E-state index in [0.717, 1.165) is 12.5 Å². The topological polar surface area (TPSA) is 4.93 Å². The average Bonchev–Trinajstić information content (AvgIpc) is 2.15. The van der Waals surface area contributed by atoms with Crippen LogP contribution >= 0.6 is 0 Å². The van der Waals surface area contributed by atoms with Crippen LogP contribution in [0, 0.1) is 5.92 Å². The molecule has 0 bridgehead atoms. The van der Waals surface area contributed by atoms with Crippen LogP contribution in [0.1, 0.15) is 13.8 Å². The molecule has 0 N–H and O–H groups in total. The third-order valence-corrected chi connectivity index (χ3v) is 1.24. The van der Waals surface area contributed by atoms with Crippen LogP contribution in [0.4, 0.5) is 0 Å². The molecule has 0 radical (unpaired) electrons. The summed E-state index contributed by atoms with van der Waals surface area (Å²) >= 11 is 0. The van der Waals surface area contributed by atoms with Crippen molar-refractivity contribution in [3.8, 4) is 0 Å². The first-order chi connectivity index (χ1) is 4.29. The van der Waals surface area contributed by atoms with Crippen molar-refractivity contribution in [1.29, 1.82) is 0 Å². The van der Waals surface area contributed by atoms with Gasteiger partial charge in [0, 0.05) is 0 Å². The maximum absolute atomic E-state index is 2.22. The summed E-state index contributed by atoms with van der Waals surface area (Å²) in [6, 6.07) is 0. The standard InChI is InChI=1S/C7H12BN/c1-7(2)5-9-4-3-8-6-9/h3-4,6-7H,5H2,1-2H3. The van der Waals surface area contributed by atoms with Gasteiger partial charge in [0.15, 0.2) is 0 Å². The van der Waals surface area contributed by atoms with Gasteiger partial charge < -0.3 is 0 Å². The maximum atomic E-state index is 2.22. The first kappa shape index (κ1) is 6.59. The zero-order valence-corrected chi connectivity index (χ0v) is 6.04. The molecule has 1 nitrogen and oxygen atoms in total. The summed E-state index contributed by atoms with van der Waals surface area (Å²) in [5.74, 6) is 2.81. The molecule has 0 aromatic carbocycles. The van der Waals surface area contributed by atoms with Crippen LogP contribution in [-0.2, 0) is 6.54 Å². The molecule has 0 atom stereocenters. The first-order valence-corrected chi connectivity index (χ1v) is 3.40. The van der Waals surface area contributed by atoms with E-state index in [4.69, 9.17) is 0 Å². The van der Waals surface area contributed by atoms with Crippen molar-refractivity contribution >= 4 is 6.91 Å². The third kappa shape index (κ3) is 2.04. The van der Waals surface area contributed by atoms with E-state index in [-0.39, 0.29) is 0 Å². The summed E-state index contributed by atoms with van der Waals surface area (Å²) in [6.07, 6.45) is 4.19. The molecule has 0 spiro atoms. The molecule has 48 valence electrons. The van der Waals surface area contributed by atoms with Crippen molar-refractivity contribution in [3.05, 3.63) is 18.3 Å². The Morgan fingerprint density at radius 3 is 2.78 bits per heavy atom. The second-order valence-electron chi connectivity index (χ2n) is 2.77. The molecule has 0 amide bonds. The summed E-state index contributed by atoms with van der Waals surface area (Å²) in [5.41, 5.74) is 0. The van der Waals surface area contributed by atoms with Crippen LogP contribution < -0.4 is 0 Å². The van der Waals surface area contributed by atoms with E-state index in [2.05, 4.69) is 43.6 Å². The molecule has 0 saturated carbocycles. The predicted octanol–water partition coefficient (Wildman–Crippen LogP) is 1.48. The Labute approximate surface area is 56.9 Å². The van der Waals surface area contributed by atoms with Crippen molar-refractivity contribution in [1.82, 2.24) is 4.57 Å². The van der Waals surface area contributed by atoms with Gasteiger partial charge in [-0.3, -0.25) is 0 Å². The molecule has 9 heavy (non-hydrogen) atoms. The van der Waals surface area contributed by atoms with Crippen LogP contribution in [0.15, 0.2) is 18.3 Å². The Morgan fingerprint density at radius 2 is 2.33 bits per heavy atom. The van der Waals surface area contributed by atoms with Crippen molar-refractivity contribution in [2.75, 3.05) is 0 Å². The average molecular weight is 121 g/mol. The van der Waals surface area contributed by atoms with Crippen LogP contribution in [0.3, 0.4) is 0 Å². The summed E-state index contributed by atoms with van der Waals surface area (Å²) in [6.45, 7) is 7.63. The van der Waals surface area contributed by atoms with Gasteiger partial charge in [-0.2, -0.15) is 0 Å². The van der Waals surface area contributed by atoms with Crippen molar-refractivity contribution in [2.24, 2.45) is 5.92 Å². The molecular weight excluding hydrogens is 109 g/mol. The van der Waals surface area contributed by atoms with Crippen molar-refractivity contribution in [3.63, 3.8) is 0 Å². The van der Waals surface area contributed by atoms with E-state index in [1.807, 2.05) is 0 Å².